The van der Waals surface area contributed by atoms with Gasteiger partial charge in [-0.3, -0.25) is 16.2 Å². The molecule has 0 aromatic carbocycles. The summed E-state index contributed by atoms with van der Waals surface area (Å²) in [5.74, 6) is 5.86. The quantitative estimate of drug-likeness (QED) is 0.647. The highest BCUT2D eigenvalue weighted by molar-refractivity contribution is 7.09. The molecule has 0 radical (unpaired) electrons. The molecule has 2 heterocycles. The van der Waals surface area contributed by atoms with Gasteiger partial charge in [-0.15, -0.1) is 11.3 Å². The maximum Gasteiger partial charge on any atom is 0.0897 e. The Labute approximate surface area is 126 Å². The van der Waals surface area contributed by atoms with Crippen LogP contribution in [0.15, 0.2) is 5.38 Å². The Morgan fingerprint density at radius 3 is 2.50 bits per heavy atom. The fourth-order valence-electron chi connectivity index (χ4n) is 3.09. The van der Waals surface area contributed by atoms with E-state index in [4.69, 9.17) is 5.84 Å². The minimum Gasteiger partial charge on any atom is -0.297 e. The molecule has 4 nitrogen and oxygen atoms in total. The Morgan fingerprint density at radius 2 is 2.00 bits per heavy atom. The van der Waals surface area contributed by atoms with Gasteiger partial charge in [0.05, 0.1) is 10.7 Å². The first-order valence-corrected chi connectivity index (χ1v) is 8.54. The Morgan fingerprint density at radius 1 is 1.35 bits per heavy atom. The summed E-state index contributed by atoms with van der Waals surface area (Å²) in [6.45, 7) is 9.03. The predicted molar refractivity (Wildman–Crippen MR) is 85.8 cm³/mol. The van der Waals surface area contributed by atoms with Crippen molar-refractivity contribution in [3.05, 3.63) is 16.1 Å². The summed E-state index contributed by atoms with van der Waals surface area (Å²) in [5.41, 5.74) is 4.24. The number of aryl methyl sites for hydroxylation is 1. The first-order valence-electron chi connectivity index (χ1n) is 7.66. The van der Waals surface area contributed by atoms with E-state index in [0.29, 0.717) is 0 Å². The molecule has 0 aliphatic carbocycles. The van der Waals surface area contributed by atoms with Crippen molar-refractivity contribution in [3.8, 4) is 0 Å². The van der Waals surface area contributed by atoms with Crippen LogP contribution < -0.4 is 11.3 Å². The van der Waals surface area contributed by atoms with Crippen molar-refractivity contribution in [2.45, 2.75) is 64.5 Å². The summed E-state index contributed by atoms with van der Waals surface area (Å²) in [7, 11) is 0. The van der Waals surface area contributed by atoms with Gasteiger partial charge in [0.2, 0.25) is 0 Å². The zero-order valence-electron chi connectivity index (χ0n) is 13.0. The van der Waals surface area contributed by atoms with Gasteiger partial charge < -0.3 is 0 Å². The van der Waals surface area contributed by atoms with Crippen LogP contribution in [0.1, 0.15) is 50.2 Å². The zero-order chi connectivity index (χ0) is 14.6. The minimum atomic E-state index is 0.0522. The highest BCUT2D eigenvalue weighted by Crippen LogP contribution is 2.25. The number of hydrogen-bond donors (Lipinski definition) is 2. The summed E-state index contributed by atoms with van der Waals surface area (Å²) in [4.78, 5) is 7.18. The Kier molecular flexibility index (Phi) is 5.55. The van der Waals surface area contributed by atoms with Crippen molar-refractivity contribution < 1.29 is 0 Å². The van der Waals surface area contributed by atoms with E-state index < -0.39 is 0 Å². The maximum atomic E-state index is 5.86. The first-order chi connectivity index (χ1) is 9.54. The molecule has 0 spiro atoms. The van der Waals surface area contributed by atoms with E-state index in [1.54, 1.807) is 11.3 Å². The summed E-state index contributed by atoms with van der Waals surface area (Å²) < 4.78 is 0. The molecule has 1 aliphatic heterocycles. The molecular weight excluding hydrogens is 268 g/mol. The third-order valence-corrected chi connectivity index (χ3v) is 5.38. The number of hydrazine groups is 1. The highest BCUT2D eigenvalue weighted by Gasteiger charge is 2.35. The van der Waals surface area contributed by atoms with Gasteiger partial charge in [0.15, 0.2) is 0 Å². The predicted octanol–water partition coefficient (Wildman–Crippen LogP) is 2.48. The molecule has 0 amide bonds. The Hall–Kier alpha value is -0.490. The molecule has 3 N–H and O–H groups in total. The molecule has 1 aromatic heterocycles. The van der Waals surface area contributed by atoms with Crippen molar-refractivity contribution in [3.63, 3.8) is 0 Å². The van der Waals surface area contributed by atoms with E-state index >= 15 is 0 Å². The summed E-state index contributed by atoms with van der Waals surface area (Å²) in [6, 6.07) is 0.224. The van der Waals surface area contributed by atoms with Gasteiger partial charge >= 0.3 is 0 Å². The van der Waals surface area contributed by atoms with E-state index in [2.05, 4.69) is 41.5 Å². The van der Waals surface area contributed by atoms with Gasteiger partial charge in [-0.05, 0) is 46.7 Å². The normalized spacial score (nSPS) is 19.8. The molecule has 1 unspecified atom stereocenters. The average Bonchev–Trinajstić information content (AvgIpc) is 2.68. The van der Waals surface area contributed by atoms with Crippen LogP contribution in [0.3, 0.4) is 0 Å². The molecule has 1 atom stereocenters. The van der Waals surface area contributed by atoms with Crippen LogP contribution >= 0.6 is 11.3 Å². The molecule has 0 bridgehead atoms. The fraction of sp³-hybridized carbons (Fsp3) is 0.800. The molecule has 1 fully saturated rings. The van der Waals surface area contributed by atoms with Gasteiger partial charge in [-0.25, -0.2) is 4.98 Å². The first kappa shape index (κ1) is 15.9. The van der Waals surface area contributed by atoms with E-state index in [0.717, 1.165) is 17.1 Å². The molecule has 114 valence electrons. The van der Waals surface area contributed by atoms with Gasteiger partial charge in [0.25, 0.3) is 0 Å². The van der Waals surface area contributed by atoms with E-state index in [-0.39, 0.29) is 11.6 Å². The second-order valence-corrected chi connectivity index (χ2v) is 7.40. The lowest BCUT2D eigenvalue weighted by atomic mass is 9.89. The van der Waals surface area contributed by atoms with Crippen LogP contribution in [0.4, 0.5) is 0 Å². The molecule has 1 saturated heterocycles. The van der Waals surface area contributed by atoms with Crippen LogP contribution in [0.25, 0.3) is 0 Å². The van der Waals surface area contributed by atoms with Crippen LogP contribution in [0.5, 0.6) is 0 Å². The monoisotopic (exact) mass is 296 g/mol. The van der Waals surface area contributed by atoms with Crippen molar-refractivity contribution >= 4 is 11.3 Å². The van der Waals surface area contributed by atoms with Crippen LogP contribution in [0.2, 0.25) is 0 Å². The molecule has 2 rings (SSSR count). The summed E-state index contributed by atoms with van der Waals surface area (Å²) in [5, 5.41) is 3.28. The molecule has 0 saturated carbocycles. The average molecular weight is 296 g/mol. The number of nitrogens with two attached hydrogens (primary N) is 1. The smallest absolute Gasteiger partial charge is 0.0897 e. The molecule has 20 heavy (non-hydrogen) atoms. The zero-order valence-corrected chi connectivity index (χ0v) is 13.8. The SMILES string of the molecule is Cc1nc(CC(NN)C(C)(C)N2CCCCCC2)cs1. The topological polar surface area (TPSA) is 54.2 Å². The van der Waals surface area contributed by atoms with Crippen molar-refractivity contribution in [1.29, 1.82) is 0 Å². The van der Waals surface area contributed by atoms with Gasteiger partial charge in [-0.1, -0.05) is 12.8 Å². The number of thiazole rings is 1. The van der Waals surface area contributed by atoms with Gasteiger partial charge in [0, 0.05) is 23.4 Å². The van der Waals surface area contributed by atoms with Crippen LogP contribution in [-0.2, 0) is 6.42 Å². The van der Waals surface area contributed by atoms with Crippen LogP contribution in [0, 0.1) is 6.92 Å². The standard InChI is InChI=1S/C15H28N4S/c1-12-17-13(11-20-12)10-14(18-16)15(2,3)19-8-6-4-5-7-9-19/h11,14,18H,4-10,16H2,1-3H3. The third-order valence-electron chi connectivity index (χ3n) is 4.55. The van der Waals surface area contributed by atoms with Crippen LogP contribution in [-0.4, -0.2) is 34.6 Å². The third kappa shape index (κ3) is 3.79. The number of aromatic nitrogens is 1. The van der Waals surface area contributed by atoms with Crippen molar-refractivity contribution in [2.75, 3.05) is 13.1 Å². The number of rotatable bonds is 5. The van der Waals surface area contributed by atoms with Crippen molar-refractivity contribution in [1.82, 2.24) is 15.3 Å². The lowest BCUT2D eigenvalue weighted by Crippen LogP contribution is -2.60. The Bertz CT molecular complexity index is 408. The minimum absolute atomic E-state index is 0.0522. The van der Waals surface area contributed by atoms with E-state index in [1.165, 1.54) is 38.8 Å². The second-order valence-electron chi connectivity index (χ2n) is 6.34. The summed E-state index contributed by atoms with van der Waals surface area (Å²) in [6.07, 6.45) is 6.22. The fourth-order valence-corrected chi connectivity index (χ4v) is 3.72. The molecular formula is C15H28N4S. The summed E-state index contributed by atoms with van der Waals surface area (Å²) >= 11 is 1.71. The van der Waals surface area contributed by atoms with E-state index in [1.807, 2.05) is 0 Å². The van der Waals surface area contributed by atoms with Crippen molar-refractivity contribution in [2.24, 2.45) is 5.84 Å². The second kappa shape index (κ2) is 6.98. The molecule has 5 heteroatoms. The number of likely N-dealkylation sites (tertiary alicyclic amines) is 1. The Balaban J connectivity index is 2.07. The maximum absolute atomic E-state index is 5.86. The lowest BCUT2D eigenvalue weighted by Gasteiger charge is -2.43. The van der Waals surface area contributed by atoms with Gasteiger partial charge in [0.1, 0.15) is 0 Å². The largest absolute Gasteiger partial charge is 0.297 e. The molecule has 1 aliphatic rings. The van der Waals surface area contributed by atoms with Gasteiger partial charge in [-0.2, -0.15) is 0 Å². The molecule has 1 aromatic rings. The lowest BCUT2D eigenvalue weighted by molar-refractivity contribution is 0.0832. The number of hydrogen-bond acceptors (Lipinski definition) is 5. The van der Waals surface area contributed by atoms with E-state index in [9.17, 15) is 0 Å². The number of nitrogens with zero attached hydrogens (tertiary/aromatic N) is 2. The number of nitrogens with one attached hydrogen (secondary N) is 1. The highest BCUT2D eigenvalue weighted by atomic mass is 32.1.